The van der Waals surface area contributed by atoms with Gasteiger partial charge in [0.05, 0.1) is 0 Å². The molecule has 1 unspecified atom stereocenters. The third-order valence-electron chi connectivity index (χ3n) is 4.16. The molecule has 1 aromatic rings. The molecule has 3 nitrogen and oxygen atoms in total. The predicted octanol–water partition coefficient (Wildman–Crippen LogP) is 2.70. The third kappa shape index (κ3) is 5.14. The van der Waals surface area contributed by atoms with Gasteiger partial charge in [-0.2, -0.15) is 0 Å². The number of aryl methyl sites for hydroxylation is 1. The number of rotatable bonds is 8. The Kier molecular flexibility index (Phi) is 6.34. The maximum atomic E-state index is 5.82. The first kappa shape index (κ1) is 15.3. The quantitative estimate of drug-likeness (QED) is 0.790. The number of nitrogens with one attached hydrogen (secondary N) is 1. The minimum Gasteiger partial charge on any atom is -0.492 e. The number of likely N-dealkylation sites (tertiary alicyclic amines) is 1. The summed E-state index contributed by atoms with van der Waals surface area (Å²) in [5, 5.41) is 3.27. The second kappa shape index (κ2) is 8.28. The summed E-state index contributed by atoms with van der Waals surface area (Å²) in [6.07, 6.45) is 4.99. The summed E-state index contributed by atoms with van der Waals surface area (Å²) in [4.78, 5) is 2.48. The van der Waals surface area contributed by atoms with Crippen molar-refractivity contribution < 1.29 is 4.74 Å². The first-order chi connectivity index (χ1) is 9.78. The molecule has 1 saturated heterocycles. The summed E-state index contributed by atoms with van der Waals surface area (Å²) >= 11 is 0. The molecular weight excluding hydrogens is 248 g/mol. The number of hydrogen-bond acceptors (Lipinski definition) is 3. The summed E-state index contributed by atoms with van der Waals surface area (Å²) in [6.45, 7) is 6.56. The normalized spacial score (nSPS) is 17.3. The first-order valence-corrected chi connectivity index (χ1v) is 7.89. The molecule has 0 aliphatic carbocycles. The van der Waals surface area contributed by atoms with Crippen molar-refractivity contribution in [2.24, 2.45) is 0 Å². The molecule has 0 spiro atoms. The Balaban J connectivity index is 1.68. The molecule has 20 heavy (non-hydrogen) atoms. The second-order valence-electron chi connectivity index (χ2n) is 5.77. The van der Waals surface area contributed by atoms with Crippen LogP contribution in [0.5, 0.6) is 5.75 Å². The Bertz CT molecular complexity index is 371. The summed E-state index contributed by atoms with van der Waals surface area (Å²) in [6, 6.07) is 9.15. The highest BCUT2D eigenvalue weighted by Crippen LogP contribution is 2.14. The topological polar surface area (TPSA) is 24.5 Å². The fourth-order valence-corrected chi connectivity index (χ4v) is 2.58. The van der Waals surface area contributed by atoms with Crippen molar-refractivity contribution in [3.05, 3.63) is 29.8 Å². The van der Waals surface area contributed by atoms with Crippen LogP contribution in [0.2, 0.25) is 0 Å². The van der Waals surface area contributed by atoms with Crippen molar-refractivity contribution in [3.63, 3.8) is 0 Å². The van der Waals surface area contributed by atoms with Crippen LogP contribution in [0.4, 0.5) is 0 Å². The van der Waals surface area contributed by atoms with E-state index in [2.05, 4.69) is 41.4 Å². The van der Waals surface area contributed by atoms with E-state index in [1.807, 2.05) is 7.05 Å². The second-order valence-corrected chi connectivity index (χ2v) is 5.77. The molecule has 2 rings (SSSR count). The van der Waals surface area contributed by atoms with Crippen LogP contribution in [-0.4, -0.2) is 44.2 Å². The Hall–Kier alpha value is -1.06. The molecule has 1 N–H and O–H groups in total. The molecule has 0 amide bonds. The largest absolute Gasteiger partial charge is 0.492 e. The minimum absolute atomic E-state index is 0.575. The van der Waals surface area contributed by atoms with Crippen LogP contribution in [0.25, 0.3) is 0 Å². The molecular formula is C17H28N2O. The van der Waals surface area contributed by atoms with Gasteiger partial charge in [-0.05, 0) is 70.4 Å². The molecule has 1 fully saturated rings. The SMILES string of the molecule is CNC(C)CCc1ccc(OCCN2CCCC2)cc1. The molecule has 1 aliphatic rings. The van der Waals surface area contributed by atoms with Gasteiger partial charge in [0.1, 0.15) is 12.4 Å². The first-order valence-electron chi connectivity index (χ1n) is 7.89. The molecule has 0 bridgehead atoms. The monoisotopic (exact) mass is 276 g/mol. The zero-order valence-electron chi connectivity index (χ0n) is 12.9. The highest BCUT2D eigenvalue weighted by Gasteiger charge is 2.10. The van der Waals surface area contributed by atoms with E-state index in [-0.39, 0.29) is 0 Å². The van der Waals surface area contributed by atoms with Crippen LogP contribution in [0.1, 0.15) is 31.7 Å². The van der Waals surface area contributed by atoms with Gasteiger partial charge >= 0.3 is 0 Å². The van der Waals surface area contributed by atoms with Crippen LogP contribution >= 0.6 is 0 Å². The Labute approximate surface area is 123 Å². The van der Waals surface area contributed by atoms with E-state index in [9.17, 15) is 0 Å². The fraction of sp³-hybridized carbons (Fsp3) is 0.647. The van der Waals surface area contributed by atoms with Crippen molar-refractivity contribution in [3.8, 4) is 5.75 Å². The van der Waals surface area contributed by atoms with E-state index in [0.29, 0.717) is 6.04 Å². The highest BCUT2D eigenvalue weighted by atomic mass is 16.5. The zero-order valence-corrected chi connectivity index (χ0v) is 12.9. The van der Waals surface area contributed by atoms with Gasteiger partial charge in [-0.15, -0.1) is 0 Å². The zero-order chi connectivity index (χ0) is 14.2. The van der Waals surface area contributed by atoms with E-state index in [0.717, 1.165) is 25.3 Å². The number of hydrogen-bond donors (Lipinski definition) is 1. The van der Waals surface area contributed by atoms with Crippen LogP contribution in [0.3, 0.4) is 0 Å². The lowest BCUT2D eigenvalue weighted by Crippen LogP contribution is -2.25. The van der Waals surface area contributed by atoms with Gasteiger partial charge in [0.25, 0.3) is 0 Å². The Morgan fingerprint density at radius 1 is 1.20 bits per heavy atom. The van der Waals surface area contributed by atoms with Crippen molar-refractivity contribution in [1.29, 1.82) is 0 Å². The lowest BCUT2D eigenvalue weighted by Gasteiger charge is -2.15. The summed E-state index contributed by atoms with van der Waals surface area (Å²) in [5.41, 5.74) is 1.39. The maximum absolute atomic E-state index is 5.82. The third-order valence-corrected chi connectivity index (χ3v) is 4.16. The number of benzene rings is 1. The average molecular weight is 276 g/mol. The average Bonchev–Trinajstić information content (AvgIpc) is 2.99. The maximum Gasteiger partial charge on any atom is 0.119 e. The number of ether oxygens (including phenoxy) is 1. The molecule has 0 saturated carbocycles. The lowest BCUT2D eigenvalue weighted by molar-refractivity contribution is 0.238. The molecule has 1 heterocycles. The Morgan fingerprint density at radius 2 is 1.90 bits per heavy atom. The van der Waals surface area contributed by atoms with Crippen LogP contribution in [-0.2, 0) is 6.42 Å². The van der Waals surface area contributed by atoms with E-state index in [1.165, 1.54) is 37.9 Å². The lowest BCUT2D eigenvalue weighted by atomic mass is 10.1. The molecule has 0 radical (unpaired) electrons. The van der Waals surface area contributed by atoms with Crippen LogP contribution < -0.4 is 10.1 Å². The Morgan fingerprint density at radius 3 is 2.55 bits per heavy atom. The summed E-state index contributed by atoms with van der Waals surface area (Å²) in [5.74, 6) is 0.995. The van der Waals surface area contributed by atoms with Gasteiger partial charge in [0, 0.05) is 12.6 Å². The van der Waals surface area contributed by atoms with Crippen molar-refractivity contribution in [2.75, 3.05) is 33.3 Å². The van der Waals surface area contributed by atoms with Gasteiger partial charge in [-0.25, -0.2) is 0 Å². The number of nitrogens with zero attached hydrogens (tertiary/aromatic N) is 1. The molecule has 0 aromatic heterocycles. The van der Waals surface area contributed by atoms with Crippen LogP contribution in [0, 0.1) is 0 Å². The highest BCUT2D eigenvalue weighted by molar-refractivity contribution is 5.27. The smallest absolute Gasteiger partial charge is 0.119 e. The standard InChI is InChI=1S/C17H28N2O/c1-15(18-2)5-6-16-7-9-17(10-8-16)20-14-13-19-11-3-4-12-19/h7-10,15,18H,3-6,11-14H2,1-2H3. The van der Waals surface area contributed by atoms with E-state index >= 15 is 0 Å². The molecule has 1 aromatic carbocycles. The summed E-state index contributed by atoms with van der Waals surface area (Å²) < 4.78 is 5.82. The van der Waals surface area contributed by atoms with Gasteiger partial charge in [-0.3, -0.25) is 4.90 Å². The van der Waals surface area contributed by atoms with Gasteiger partial charge in [0.2, 0.25) is 0 Å². The molecule has 3 heteroatoms. The van der Waals surface area contributed by atoms with E-state index in [4.69, 9.17) is 4.74 Å². The minimum atomic E-state index is 0.575. The van der Waals surface area contributed by atoms with E-state index < -0.39 is 0 Å². The van der Waals surface area contributed by atoms with Crippen molar-refractivity contribution >= 4 is 0 Å². The van der Waals surface area contributed by atoms with Gasteiger partial charge in [-0.1, -0.05) is 12.1 Å². The van der Waals surface area contributed by atoms with Crippen molar-refractivity contribution in [2.45, 2.75) is 38.6 Å². The molecule has 1 atom stereocenters. The van der Waals surface area contributed by atoms with Gasteiger partial charge in [0.15, 0.2) is 0 Å². The fourth-order valence-electron chi connectivity index (χ4n) is 2.58. The van der Waals surface area contributed by atoms with Crippen LogP contribution in [0.15, 0.2) is 24.3 Å². The van der Waals surface area contributed by atoms with Gasteiger partial charge < -0.3 is 10.1 Å². The van der Waals surface area contributed by atoms with Crippen molar-refractivity contribution in [1.82, 2.24) is 10.2 Å². The predicted molar refractivity (Wildman–Crippen MR) is 84.5 cm³/mol. The van der Waals surface area contributed by atoms with E-state index in [1.54, 1.807) is 0 Å². The molecule has 112 valence electrons. The summed E-state index contributed by atoms with van der Waals surface area (Å²) in [7, 11) is 2.02. The molecule has 1 aliphatic heterocycles.